The standard InChI is InChI=1S/C16H26N2O5/c1-3-23-12-7-11(13(12)22-2)17-15(21)18-8-10-5-4-6-16(10,9-18)14(19)20/h10-13H,3-9H2,1-2H3,(H,17,21)(H,19,20)/t10-,11?,12?,13?,16+/m0/s1. The number of hydrogen-bond acceptors (Lipinski definition) is 4. The van der Waals surface area contributed by atoms with Crippen molar-refractivity contribution in [2.45, 2.75) is 50.9 Å². The molecule has 2 N–H and O–H groups in total. The Kier molecular flexibility index (Phi) is 4.51. The van der Waals surface area contributed by atoms with Gasteiger partial charge in [-0.1, -0.05) is 6.42 Å². The normalized spacial score (nSPS) is 39.0. The fourth-order valence-corrected chi connectivity index (χ4v) is 4.46. The average molecular weight is 326 g/mol. The van der Waals surface area contributed by atoms with Gasteiger partial charge in [-0.25, -0.2) is 4.79 Å². The average Bonchev–Trinajstić information content (AvgIpc) is 3.04. The molecule has 2 amide bonds. The van der Waals surface area contributed by atoms with Crippen molar-refractivity contribution < 1.29 is 24.2 Å². The monoisotopic (exact) mass is 326 g/mol. The van der Waals surface area contributed by atoms with Crippen molar-refractivity contribution in [2.75, 3.05) is 26.8 Å². The van der Waals surface area contributed by atoms with Crippen LogP contribution in [0.5, 0.6) is 0 Å². The largest absolute Gasteiger partial charge is 0.481 e. The molecule has 7 heteroatoms. The molecule has 3 rings (SSSR count). The molecule has 0 bridgehead atoms. The van der Waals surface area contributed by atoms with Gasteiger partial charge in [0.1, 0.15) is 6.10 Å². The van der Waals surface area contributed by atoms with Gasteiger partial charge < -0.3 is 24.8 Å². The fraction of sp³-hybridized carbons (Fsp3) is 0.875. The SMILES string of the molecule is CCOC1CC(NC(=O)N2C[C@@H]3CCC[C@@]3(C(=O)O)C2)C1OC. The molecule has 7 nitrogen and oxygen atoms in total. The van der Waals surface area contributed by atoms with Gasteiger partial charge in [-0.05, 0) is 32.1 Å². The van der Waals surface area contributed by atoms with Crippen LogP contribution in [-0.4, -0.2) is 67.1 Å². The minimum absolute atomic E-state index is 0.0265. The molecule has 0 aromatic carbocycles. The summed E-state index contributed by atoms with van der Waals surface area (Å²) in [5, 5.41) is 12.6. The molecule has 3 aliphatic rings. The molecule has 2 aliphatic carbocycles. The lowest BCUT2D eigenvalue weighted by atomic mass is 9.81. The Labute approximate surface area is 136 Å². The molecular formula is C16H26N2O5. The number of carbonyl (C=O) groups excluding carboxylic acids is 1. The number of hydrogen-bond donors (Lipinski definition) is 2. The lowest BCUT2D eigenvalue weighted by molar-refractivity contribution is -0.149. The Balaban J connectivity index is 1.57. The van der Waals surface area contributed by atoms with Crippen molar-refractivity contribution >= 4 is 12.0 Å². The first-order valence-electron chi connectivity index (χ1n) is 8.45. The van der Waals surface area contributed by atoms with E-state index in [4.69, 9.17) is 9.47 Å². The zero-order valence-corrected chi connectivity index (χ0v) is 13.8. The number of amides is 2. The van der Waals surface area contributed by atoms with Crippen molar-refractivity contribution in [1.29, 1.82) is 0 Å². The maximum Gasteiger partial charge on any atom is 0.317 e. The van der Waals surface area contributed by atoms with E-state index in [1.54, 1.807) is 12.0 Å². The number of carboxylic acid groups (broad SMARTS) is 1. The minimum atomic E-state index is -0.759. The van der Waals surface area contributed by atoms with Crippen molar-refractivity contribution in [3.63, 3.8) is 0 Å². The maximum absolute atomic E-state index is 12.5. The number of nitrogens with one attached hydrogen (secondary N) is 1. The molecule has 23 heavy (non-hydrogen) atoms. The van der Waals surface area contributed by atoms with E-state index < -0.39 is 11.4 Å². The van der Waals surface area contributed by atoms with Crippen LogP contribution in [0, 0.1) is 11.3 Å². The fourth-order valence-electron chi connectivity index (χ4n) is 4.46. The summed E-state index contributed by atoms with van der Waals surface area (Å²) >= 11 is 0. The number of ether oxygens (including phenoxy) is 2. The summed E-state index contributed by atoms with van der Waals surface area (Å²) in [6, 6.07) is -0.243. The van der Waals surface area contributed by atoms with E-state index in [2.05, 4.69) is 5.32 Å². The topological polar surface area (TPSA) is 88.1 Å². The van der Waals surface area contributed by atoms with Crippen LogP contribution in [0.25, 0.3) is 0 Å². The Morgan fingerprint density at radius 1 is 1.43 bits per heavy atom. The summed E-state index contributed by atoms with van der Waals surface area (Å²) < 4.78 is 11.0. The van der Waals surface area contributed by atoms with Crippen molar-refractivity contribution in [3.8, 4) is 0 Å². The van der Waals surface area contributed by atoms with Gasteiger partial charge in [-0.2, -0.15) is 0 Å². The Morgan fingerprint density at radius 2 is 2.22 bits per heavy atom. The van der Waals surface area contributed by atoms with Gasteiger partial charge in [0.2, 0.25) is 0 Å². The van der Waals surface area contributed by atoms with E-state index in [0.29, 0.717) is 26.1 Å². The highest BCUT2D eigenvalue weighted by Crippen LogP contribution is 2.48. The van der Waals surface area contributed by atoms with Crippen LogP contribution in [0.15, 0.2) is 0 Å². The summed E-state index contributed by atoms with van der Waals surface area (Å²) in [4.78, 5) is 25.8. The minimum Gasteiger partial charge on any atom is -0.481 e. The quantitative estimate of drug-likeness (QED) is 0.789. The van der Waals surface area contributed by atoms with Crippen LogP contribution < -0.4 is 5.32 Å². The number of carbonyl (C=O) groups is 2. The predicted octanol–water partition coefficient (Wildman–Crippen LogP) is 1.08. The van der Waals surface area contributed by atoms with Crippen molar-refractivity contribution in [3.05, 3.63) is 0 Å². The molecule has 1 heterocycles. The van der Waals surface area contributed by atoms with Crippen LogP contribution in [-0.2, 0) is 14.3 Å². The number of fused-ring (bicyclic) bond motifs is 1. The molecule has 3 fully saturated rings. The van der Waals surface area contributed by atoms with Crippen LogP contribution in [0.1, 0.15) is 32.6 Å². The molecule has 1 saturated heterocycles. The van der Waals surface area contributed by atoms with Gasteiger partial charge in [0.25, 0.3) is 0 Å². The van der Waals surface area contributed by atoms with Gasteiger partial charge in [-0.3, -0.25) is 4.79 Å². The lowest BCUT2D eigenvalue weighted by Crippen LogP contribution is -2.62. The number of urea groups is 1. The van der Waals surface area contributed by atoms with Crippen molar-refractivity contribution in [1.82, 2.24) is 10.2 Å². The second-order valence-electron chi connectivity index (χ2n) is 6.92. The third-order valence-electron chi connectivity index (χ3n) is 5.79. The van der Waals surface area contributed by atoms with E-state index in [1.165, 1.54) is 0 Å². The van der Waals surface area contributed by atoms with Gasteiger partial charge >= 0.3 is 12.0 Å². The molecule has 5 atom stereocenters. The number of methoxy groups -OCH3 is 1. The Bertz CT molecular complexity index is 485. The van der Waals surface area contributed by atoms with Gasteiger partial charge in [0.15, 0.2) is 0 Å². The first-order valence-corrected chi connectivity index (χ1v) is 8.45. The molecule has 2 saturated carbocycles. The predicted molar refractivity (Wildman–Crippen MR) is 82.1 cm³/mol. The summed E-state index contributed by atoms with van der Waals surface area (Å²) in [7, 11) is 1.62. The highest BCUT2D eigenvalue weighted by molar-refractivity contribution is 5.80. The zero-order chi connectivity index (χ0) is 16.6. The molecule has 0 aromatic heterocycles. The summed E-state index contributed by atoms with van der Waals surface area (Å²) in [6.07, 6.45) is 3.14. The maximum atomic E-state index is 12.5. The smallest absolute Gasteiger partial charge is 0.317 e. The third-order valence-corrected chi connectivity index (χ3v) is 5.79. The highest BCUT2D eigenvalue weighted by Gasteiger charge is 2.56. The van der Waals surface area contributed by atoms with Crippen molar-refractivity contribution in [2.24, 2.45) is 11.3 Å². The third kappa shape index (κ3) is 2.70. The van der Waals surface area contributed by atoms with Crippen LogP contribution in [0.3, 0.4) is 0 Å². The summed E-state index contributed by atoms with van der Waals surface area (Å²) in [5.41, 5.74) is -0.731. The molecule has 1 aliphatic heterocycles. The molecule has 0 radical (unpaired) electrons. The molecular weight excluding hydrogens is 300 g/mol. The van der Waals surface area contributed by atoms with Crippen LogP contribution >= 0.6 is 0 Å². The van der Waals surface area contributed by atoms with Gasteiger partial charge in [0.05, 0.1) is 17.6 Å². The number of rotatable bonds is 5. The molecule has 0 aromatic rings. The second-order valence-corrected chi connectivity index (χ2v) is 6.92. The van der Waals surface area contributed by atoms with Gasteiger partial charge in [-0.15, -0.1) is 0 Å². The van der Waals surface area contributed by atoms with E-state index in [-0.39, 0.29) is 30.2 Å². The number of carboxylic acids is 1. The first kappa shape index (κ1) is 16.5. The number of likely N-dealkylation sites (tertiary alicyclic amines) is 1. The van der Waals surface area contributed by atoms with Gasteiger partial charge in [0, 0.05) is 26.8 Å². The number of aliphatic carboxylic acids is 1. The van der Waals surface area contributed by atoms with E-state index in [9.17, 15) is 14.7 Å². The number of nitrogens with zero attached hydrogens (tertiary/aromatic N) is 1. The molecule has 3 unspecified atom stereocenters. The van der Waals surface area contributed by atoms with Crippen LogP contribution in [0.4, 0.5) is 4.79 Å². The zero-order valence-electron chi connectivity index (χ0n) is 13.8. The highest BCUT2D eigenvalue weighted by atomic mass is 16.5. The van der Waals surface area contributed by atoms with E-state index in [0.717, 1.165) is 19.3 Å². The van der Waals surface area contributed by atoms with E-state index >= 15 is 0 Å². The lowest BCUT2D eigenvalue weighted by Gasteiger charge is -2.43. The van der Waals surface area contributed by atoms with E-state index in [1.807, 2.05) is 6.92 Å². The molecule has 0 spiro atoms. The summed E-state index contributed by atoms with van der Waals surface area (Å²) in [6.45, 7) is 3.42. The Hall–Kier alpha value is -1.34. The second kappa shape index (κ2) is 6.28. The first-order chi connectivity index (χ1) is 11.0. The van der Waals surface area contributed by atoms with Crippen LogP contribution in [0.2, 0.25) is 0 Å². The summed E-state index contributed by atoms with van der Waals surface area (Å²) in [5.74, 6) is -0.674. The Morgan fingerprint density at radius 3 is 2.83 bits per heavy atom. The molecule has 130 valence electrons.